The molecule has 1 atom stereocenters. The standard InChI is InChI=1S/C10H14FNO2S/c11-15(13,14)8-4-7-10(12)9-5-2-1-3-6-9/h1-3,5-6,10H,4,7-8,12H2. The third kappa shape index (κ3) is 4.90. The van der Waals surface area contributed by atoms with Crippen molar-refractivity contribution in [1.82, 2.24) is 0 Å². The summed E-state index contributed by atoms with van der Waals surface area (Å²) in [7, 11) is -4.36. The van der Waals surface area contributed by atoms with Gasteiger partial charge in [-0.2, -0.15) is 8.42 Å². The molecule has 1 aromatic rings. The molecule has 2 N–H and O–H groups in total. The fourth-order valence-corrected chi connectivity index (χ4v) is 1.85. The van der Waals surface area contributed by atoms with E-state index in [4.69, 9.17) is 5.73 Å². The Balaban J connectivity index is 2.41. The van der Waals surface area contributed by atoms with Gasteiger partial charge in [0.2, 0.25) is 0 Å². The maximum Gasteiger partial charge on any atom is 0.302 e. The van der Waals surface area contributed by atoms with E-state index in [1.54, 1.807) is 0 Å². The van der Waals surface area contributed by atoms with Crippen LogP contribution in [0.15, 0.2) is 30.3 Å². The largest absolute Gasteiger partial charge is 0.324 e. The number of hydrogen-bond donors (Lipinski definition) is 1. The van der Waals surface area contributed by atoms with Crippen LogP contribution >= 0.6 is 0 Å². The molecule has 0 saturated heterocycles. The zero-order valence-corrected chi connectivity index (χ0v) is 9.08. The molecular formula is C10H14FNO2S. The predicted octanol–water partition coefficient (Wildman–Crippen LogP) is 1.77. The Kier molecular flexibility index (Phi) is 4.23. The molecule has 0 aromatic heterocycles. The summed E-state index contributed by atoms with van der Waals surface area (Å²) >= 11 is 0. The Morgan fingerprint density at radius 3 is 2.40 bits per heavy atom. The lowest BCUT2D eigenvalue weighted by atomic mass is 10.0. The minimum Gasteiger partial charge on any atom is -0.324 e. The van der Waals surface area contributed by atoms with Crippen molar-refractivity contribution in [1.29, 1.82) is 0 Å². The molecule has 5 heteroatoms. The maximum absolute atomic E-state index is 12.2. The Morgan fingerprint density at radius 1 is 1.27 bits per heavy atom. The lowest BCUT2D eigenvalue weighted by molar-refractivity contribution is 0.542. The van der Waals surface area contributed by atoms with Crippen LogP contribution in [0.3, 0.4) is 0 Å². The summed E-state index contributed by atoms with van der Waals surface area (Å²) < 4.78 is 32.7. The van der Waals surface area contributed by atoms with Gasteiger partial charge < -0.3 is 5.73 Å². The van der Waals surface area contributed by atoms with E-state index in [2.05, 4.69) is 0 Å². The summed E-state index contributed by atoms with van der Waals surface area (Å²) in [5, 5.41) is 0. The molecule has 0 radical (unpaired) electrons. The number of halogens is 1. The number of benzene rings is 1. The van der Waals surface area contributed by atoms with Gasteiger partial charge in [0.05, 0.1) is 5.75 Å². The van der Waals surface area contributed by atoms with Gasteiger partial charge in [-0.1, -0.05) is 30.3 Å². The molecule has 1 unspecified atom stereocenters. The van der Waals surface area contributed by atoms with Gasteiger partial charge in [0, 0.05) is 6.04 Å². The van der Waals surface area contributed by atoms with E-state index in [9.17, 15) is 12.3 Å². The topological polar surface area (TPSA) is 60.2 Å². The van der Waals surface area contributed by atoms with Crippen molar-refractivity contribution in [3.05, 3.63) is 35.9 Å². The zero-order valence-electron chi connectivity index (χ0n) is 8.27. The molecule has 1 rings (SSSR count). The second-order valence-electron chi connectivity index (χ2n) is 3.40. The summed E-state index contributed by atoms with van der Waals surface area (Å²) in [6.45, 7) is 0. The summed E-state index contributed by atoms with van der Waals surface area (Å²) in [6.07, 6.45) is 0.710. The Labute approximate surface area is 89.3 Å². The van der Waals surface area contributed by atoms with Crippen LogP contribution in [0, 0.1) is 0 Å². The molecule has 0 spiro atoms. The van der Waals surface area contributed by atoms with Gasteiger partial charge in [0.1, 0.15) is 0 Å². The van der Waals surface area contributed by atoms with E-state index < -0.39 is 16.0 Å². The second-order valence-corrected chi connectivity index (χ2v) is 4.89. The first-order chi connectivity index (χ1) is 6.99. The molecular weight excluding hydrogens is 217 g/mol. The van der Waals surface area contributed by atoms with Gasteiger partial charge in [-0.25, -0.2) is 0 Å². The molecule has 0 amide bonds. The van der Waals surface area contributed by atoms with Crippen molar-refractivity contribution in [2.45, 2.75) is 18.9 Å². The van der Waals surface area contributed by atoms with Crippen LogP contribution in [-0.2, 0) is 10.2 Å². The first kappa shape index (κ1) is 12.1. The van der Waals surface area contributed by atoms with E-state index in [0.29, 0.717) is 6.42 Å². The molecule has 0 aliphatic heterocycles. The Hall–Kier alpha value is -0.940. The predicted molar refractivity (Wildman–Crippen MR) is 57.5 cm³/mol. The SMILES string of the molecule is NC(CCCS(=O)(=O)F)c1ccccc1. The van der Waals surface area contributed by atoms with Crippen LogP contribution in [0.1, 0.15) is 24.4 Å². The van der Waals surface area contributed by atoms with Gasteiger partial charge in [-0.3, -0.25) is 0 Å². The molecule has 0 heterocycles. The van der Waals surface area contributed by atoms with Gasteiger partial charge in [-0.15, -0.1) is 3.89 Å². The van der Waals surface area contributed by atoms with Crippen LogP contribution in [0.5, 0.6) is 0 Å². The van der Waals surface area contributed by atoms with Crippen LogP contribution in [0.4, 0.5) is 3.89 Å². The van der Waals surface area contributed by atoms with Crippen molar-refractivity contribution in [2.24, 2.45) is 5.73 Å². The van der Waals surface area contributed by atoms with Gasteiger partial charge in [-0.05, 0) is 18.4 Å². The van der Waals surface area contributed by atoms with Gasteiger partial charge in [0.25, 0.3) is 0 Å². The van der Waals surface area contributed by atoms with Crippen LogP contribution in [-0.4, -0.2) is 14.2 Å². The molecule has 15 heavy (non-hydrogen) atoms. The lowest BCUT2D eigenvalue weighted by Crippen LogP contribution is -2.11. The molecule has 0 saturated carbocycles. The zero-order chi connectivity index (χ0) is 11.3. The van der Waals surface area contributed by atoms with Gasteiger partial charge in [0.15, 0.2) is 0 Å². The molecule has 3 nitrogen and oxygen atoms in total. The first-order valence-corrected chi connectivity index (χ1v) is 6.27. The number of hydrogen-bond acceptors (Lipinski definition) is 3. The molecule has 0 aliphatic rings. The minimum atomic E-state index is -4.36. The van der Waals surface area contributed by atoms with E-state index >= 15 is 0 Å². The van der Waals surface area contributed by atoms with Gasteiger partial charge >= 0.3 is 10.2 Å². The second kappa shape index (κ2) is 5.23. The van der Waals surface area contributed by atoms with Crippen LogP contribution in [0.25, 0.3) is 0 Å². The molecule has 1 aromatic carbocycles. The quantitative estimate of drug-likeness (QED) is 0.785. The highest BCUT2D eigenvalue weighted by Crippen LogP contribution is 2.15. The highest BCUT2D eigenvalue weighted by atomic mass is 32.3. The average molecular weight is 231 g/mol. The van der Waals surface area contributed by atoms with E-state index in [-0.39, 0.29) is 12.5 Å². The number of rotatable bonds is 5. The highest BCUT2D eigenvalue weighted by molar-refractivity contribution is 7.86. The fourth-order valence-electron chi connectivity index (χ4n) is 1.34. The Bertz CT molecular complexity index is 391. The summed E-state index contributed by atoms with van der Waals surface area (Å²) in [5.41, 5.74) is 6.75. The van der Waals surface area contributed by atoms with Crippen molar-refractivity contribution in [3.63, 3.8) is 0 Å². The maximum atomic E-state index is 12.2. The van der Waals surface area contributed by atoms with Crippen molar-refractivity contribution in [2.75, 3.05) is 5.75 Å². The summed E-state index contributed by atoms with van der Waals surface area (Å²) in [6, 6.07) is 9.11. The average Bonchev–Trinajstić information content (AvgIpc) is 2.17. The normalized spacial score (nSPS) is 13.7. The molecule has 0 fully saturated rings. The Morgan fingerprint density at radius 2 is 1.87 bits per heavy atom. The van der Waals surface area contributed by atoms with E-state index in [0.717, 1.165) is 5.56 Å². The van der Waals surface area contributed by atoms with E-state index in [1.807, 2.05) is 30.3 Å². The monoisotopic (exact) mass is 231 g/mol. The summed E-state index contributed by atoms with van der Waals surface area (Å²) in [5.74, 6) is -0.451. The smallest absolute Gasteiger partial charge is 0.302 e. The third-order valence-electron chi connectivity index (χ3n) is 2.13. The lowest BCUT2D eigenvalue weighted by Gasteiger charge is -2.10. The summed E-state index contributed by atoms with van der Waals surface area (Å²) in [4.78, 5) is 0. The number of nitrogens with two attached hydrogens (primary N) is 1. The molecule has 84 valence electrons. The fraction of sp³-hybridized carbons (Fsp3) is 0.400. The highest BCUT2D eigenvalue weighted by Gasteiger charge is 2.10. The van der Waals surface area contributed by atoms with Crippen LogP contribution in [0.2, 0.25) is 0 Å². The first-order valence-electron chi connectivity index (χ1n) is 4.72. The van der Waals surface area contributed by atoms with E-state index in [1.165, 1.54) is 0 Å². The molecule has 0 bridgehead atoms. The van der Waals surface area contributed by atoms with Crippen LogP contribution < -0.4 is 5.73 Å². The van der Waals surface area contributed by atoms with Crippen molar-refractivity contribution >= 4 is 10.2 Å². The third-order valence-corrected chi connectivity index (χ3v) is 2.91. The minimum absolute atomic E-state index is 0.229. The molecule has 0 aliphatic carbocycles. The van der Waals surface area contributed by atoms with Crippen molar-refractivity contribution < 1.29 is 12.3 Å². The van der Waals surface area contributed by atoms with Crippen molar-refractivity contribution in [3.8, 4) is 0 Å².